The molecule has 90 valence electrons. The molecule has 3 rings (SSSR count). The van der Waals surface area contributed by atoms with Crippen LogP contribution in [0.1, 0.15) is 11.4 Å². The van der Waals surface area contributed by atoms with Gasteiger partial charge >= 0.3 is 0 Å². The van der Waals surface area contributed by atoms with Gasteiger partial charge in [-0.25, -0.2) is 0 Å². The molecule has 0 unspecified atom stereocenters. The van der Waals surface area contributed by atoms with Gasteiger partial charge in [-0.2, -0.15) is 20.1 Å². The lowest BCUT2D eigenvalue weighted by atomic mass is 10.1. The van der Waals surface area contributed by atoms with Crippen LogP contribution in [0.4, 0.5) is 0 Å². The first-order chi connectivity index (χ1) is 9.22. The van der Waals surface area contributed by atoms with E-state index >= 15 is 0 Å². The second kappa shape index (κ2) is 4.32. The third-order valence-corrected chi connectivity index (χ3v) is 3.69. The number of hydrogen-bond donors (Lipinski definition) is 0. The average molecular weight is 287 g/mol. The molecule has 0 saturated carbocycles. The maximum Gasteiger partial charge on any atom is 0.256 e. The van der Waals surface area contributed by atoms with Crippen LogP contribution in [0.5, 0.6) is 0 Å². The van der Waals surface area contributed by atoms with E-state index in [1.807, 2.05) is 12.1 Å². The van der Waals surface area contributed by atoms with Crippen LogP contribution >= 0.6 is 22.9 Å². The molecule has 3 aromatic rings. The van der Waals surface area contributed by atoms with Crippen molar-refractivity contribution in [3.05, 3.63) is 34.6 Å². The van der Waals surface area contributed by atoms with E-state index in [4.69, 9.17) is 22.1 Å². The fraction of sp³-hybridized carbons (Fsp3) is 0. The van der Waals surface area contributed by atoms with Crippen LogP contribution in [-0.4, -0.2) is 19.8 Å². The van der Waals surface area contributed by atoms with Crippen LogP contribution in [0.3, 0.4) is 0 Å². The molecule has 6 nitrogen and oxygen atoms in total. The summed E-state index contributed by atoms with van der Waals surface area (Å²) in [5.74, 6) is 0.136. The number of fused-ring (bicyclic) bond motifs is 1. The van der Waals surface area contributed by atoms with E-state index < -0.39 is 0 Å². The second-order valence-electron chi connectivity index (χ2n) is 3.54. The van der Waals surface area contributed by atoms with Crippen molar-refractivity contribution >= 4 is 27.9 Å². The molecule has 0 fully saturated rings. The Bertz CT molecular complexity index is 866. The highest BCUT2D eigenvalue weighted by molar-refractivity contribution is 7.19. The predicted molar refractivity (Wildman–Crippen MR) is 68.5 cm³/mol. The largest absolute Gasteiger partial charge is 0.256 e. The van der Waals surface area contributed by atoms with E-state index in [2.05, 4.69) is 15.3 Å². The van der Waals surface area contributed by atoms with Gasteiger partial charge in [-0.1, -0.05) is 29.0 Å². The normalized spacial score (nSPS) is 10.3. The Hall–Kier alpha value is -2.48. The van der Waals surface area contributed by atoms with Crippen molar-refractivity contribution in [2.45, 2.75) is 0 Å². The Morgan fingerprint density at radius 1 is 1.21 bits per heavy atom. The van der Waals surface area contributed by atoms with Gasteiger partial charge in [0.1, 0.15) is 17.1 Å². The molecule has 19 heavy (non-hydrogen) atoms. The van der Waals surface area contributed by atoms with Crippen LogP contribution < -0.4 is 0 Å². The van der Waals surface area contributed by atoms with E-state index in [0.717, 1.165) is 5.56 Å². The van der Waals surface area contributed by atoms with Gasteiger partial charge in [-0.15, -0.1) is 10.2 Å². The van der Waals surface area contributed by atoms with E-state index in [0.29, 0.717) is 20.6 Å². The molecule has 8 heteroatoms. The van der Waals surface area contributed by atoms with Crippen molar-refractivity contribution in [1.29, 1.82) is 10.5 Å². The van der Waals surface area contributed by atoms with Gasteiger partial charge in [0.15, 0.2) is 0 Å². The minimum absolute atomic E-state index is 0.136. The van der Waals surface area contributed by atoms with Crippen molar-refractivity contribution in [3.63, 3.8) is 0 Å². The number of rotatable bonds is 1. The minimum atomic E-state index is 0.136. The van der Waals surface area contributed by atoms with Crippen molar-refractivity contribution in [2.24, 2.45) is 0 Å². The molecule has 0 saturated heterocycles. The van der Waals surface area contributed by atoms with Crippen LogP contribution in [0.15, 0.2) is 18.2 Å². The van der Waals surface area contributed by atoms with Gasteiger partial charge in [0.05, 0.1) is 10.6 Å². The number of hydrogen-bond acceptors (Lipinski definition) is 6. The summed E-state index contributed by atoms with van der Waals surface area (Å²) in [5, 5.41) is 30.5. The van der Waals surface area contributed by atoms with Crippen molar-refractivity contribution in [1.82, 2.24) is 19.8 Å². The summed E-state index contributed by atoms with van der Waals surface area (Å²) in [4.78, 5) is 0.534. The molecule has 2 heterocycles. The smallest absolute Gasteiger partial charge is 0.192 e. The standard InChI is InChI=1S/C11H3ClN6S/c12-8-3-6(1-2-7(8)4-13)10-17-18-9(5-14)15-16-11(18)19-10/h1-3H. The molecule has 0 aliphatic rings. The Morgan fingerprint density at radius 2 is 2.05 bits per heavy atom. The molecule has 1 aromatic carbocycles. The third-order valence-electron chi connectivity index (χ3n) is 2.43. The molecule has 0 radical (unpaired) electrons. The summed E-state index contributed by atoms with van der Waals surface area (Å²) in [6.45, 7) is 0. The molecular weight excluding hydrogens is 284 g/mol. The van der Waals surface area contributed by atoms with Crippen molar-refractivity contribution in [2.75, 3.05) is 0 Å². The molecule has 0 aliphatic heterocycles. The first kappa shape index (κ1) is 11.6. The van der Waals surface area contributed by atoms with Gasteiger partial charge in [0.2, 0.25) is 4.96 Å². The molecule has 2 aromatic heterocycles. The summed E-state index contributed by atoms with van der Waals surface area (Å²) in [7, 11) is 0. The Labute approximate surface area is 116 Å². The number of nitrogens with zero attached hydrogens (tertiary/aromatic N) is 6. The van der Waals surface area contributed by atoms with E-state index in [-0.39, 0.29) is 5.82 Å². The lowest BCUT2D eigenvalue weighted by Crippen LogP contribution is -1.90. The van der Waals surface area contributed by atoms with Gasteiger partial charge in [-0.05, 0) is 12.1 Å². The summed E-state index contributed by atoms with van der Waals surface area (Å²) in [6, 6.07) is 8.95. The Kier molecular flexibility index (Phi) is 2.64. The molecule has 0 atom stereocenters. The van der Waals surface area contributed by atoms with Gasteiger partial charge in [0, 0.05) is 5.56 Å². The molecule has 0 N–H and O–H groups in total. The summed E-state index contributed by atoms with van der Waals surface area (Å²) in [6.07, 6.45) is 0. The van der Waals surface area contributed by atoms with Crippen molar-refractivity contribution in [3.8, 4) is 22.7 Å². The van der Waals surface area contributed by atoms with Crippen LogP contribution in [0, 0.1) is 22.7 Å². The highest BCUT2D eigenvalue weighted by Gasteiger charge is 2.13. The zero-order chi connectivity index (χ0) is 13.4. The lowest BCUT2D eigenvalue weighted by molar-refractivity contribution is 0.933. The van der Waals surface area contributed by atoms with Crippen LogP contribution in [0.25, 0.3) is 15.5 Å². The van der Waals surface area contributed by atoms with Gasteiger partial charge in [-0.3, -0.25) is 0 Å². The number of halogens is 1. The highest BCUT2D eigenvalue weighted by atomic mass is 35.5. The van der Waals surface area contributed by atoms with E-state index in [1.54, 1.807) is 18.2 Å². The SMILES string of the molecule is N#Cc1ccc(-c2nn3c(C#N)nnc3s2)cc1Cl. The number of benzene rings is 1. The summed E-state index contributed by atoms with van der Waals surface area (Å²) in [5.41, 5.74) is 1.18. The zero-order valence-corrected chi connectivity index (χ0v) is 10.8. The maximum absolute atomic E-state index is 8.85. The van der Waals surface area contributed by atoms with Gasteiger partial charge < -0.3 is 0 Å². The zero-order valence-electron chi connectivity index (χ0n) is 9.20. The number of nitriles is 2. The topological polar surface area (TPSA) is 90.7 Å². The monoisotopic (exact) mass is 286 g/mol. The highest BCUT2D eigenvalue weighted by Crippen LogP contribution is 2.28. The van der Waals surface area contributed by atoms with Gasteiger partial charge in [0.25, 0.3) is 5.82 Å². The Morgan fingerprint density at radius 3 is 2.74 bits per heavy atom. The second-order valence-corrected chi connectivity index (χ2v) is 4.91. The fourth-order valence-electron chi connectivity index (χ4n) is 1.54. The third kappa shape index (κ3) is 1.82. The van der Waals surface area contributed by atoms with Crippen LogP contribution in [-0.2, 0) is 0 Å². The first-order valence-corrected chi connectivity index (χ1v) is 6.24. The maximum atomic E-state index is 8.85. The molecule has 0 spiro atoms. The van der Waals surface area contributed by atoms with Crippen molar-refractivity contribution < 1.29 is 0 Å². The fourth-order valence-corrected chi connectivity index (χ4v) is 2.60. The first-order valence-electron chi connectivity index (χ1n) is 5.05. The molecular formula is C11H3ClN6S. The predicted octanol–water partition coefficient (Wildman–Crippen LogP) is 2.25. The van der Waals surface area contributed by atoms with E-state index in [1.165, 1.54) is 15.9 Å². The summed E-state index contributed by atoms with van der Waals surface area (Å²) >= 11 is 7.27. The average Bonchev–Trinajstić information content (AvgIpc) is 2.98. The summed E-state index contributed by atoms with van der Waals surface area (Å²) < 4.78 is 1.38. The lowest BCUT2D eigenvalue weighted by Gasteiger charge is -1.98. The van der Waals surface area contributed by atoms with Crippen LogP contribution in [0.2, 0.25) is 5.02 Å². The molecule has 0 amide bonds. The molecule has 0 aliphatic carbocycles. The minimum Gasteiger partial charge on any atom is -0.192 e. The molecule has 0 bridgehead atoms. The van der Waals surface area contributed by atoms with E-state index in [9.17, 15) is 0 Å². The Balaban J connectivity index is 2.15. The quantitative estimate of drug-likeness (QED) is 0.684. The number of aromatic nitrogens is 4.